The van der Waals surface area contributed by atoms with E-state index in [0.29, 0.717) is 24.3 Å². The summed E-state index contributed by atoms with van der Waals surface area (Å²) in [6.45, 7) is 2.71. The third kappa shape index (κ3) is 3.72. The van der Waals surface area contributed by atoms with Crippen LogP contribution in [0.15, 0.2) is 54.7 Å². The number of nitrogens with one attached hydrogen (secondary N) is 1. The molecule has 9 heteroatoms. The van der Waals surface area contributed by atoms with Crippen LogP contribution in [0.1, 0.15) is 5.56 Å². The van der Waals surface area contributed by atoms with Crippen LogP contribution in [-0.2, 0) is 10.9 Å². The zero-order valence-electron chi connectivity index (χ0n) is 16.4. The van der Waals surface area contributed by atoms with Gasteiger partial charge in [-0.15, -0.1) is 0 Å². The van der Waals surface area contributed by atoms with Crippen molar-refractivity contribution in [3.8, 4) is 22.5 Å². The summed E-state index contributed by atoms with van der Waals surface area (Å²) in [7, 11) is 0. The van der Waals surface area contributed by atoms with Gasteiger partial charge in [-0.05, 0) is 18.2 Å². The first-order valence-corrected chi connectivity index (χ1v) is 9.81. The van der Waals surface area contributed by atoms with Crippen LogP contribution in [0.4, 0.5) is 19.0 Å². The van der Waals surface area contributed by atoms with E-state index in [9.17, 15) is 13.2 Å². The van der Waals surface area contributed by atoms with Gasteiger partial charge in [-0.25, -0.2) is 9.97 Å². The summed E-state index contributed by atoms with van der Waals surface area (Å²) < 4.78 is 47.3. The molecule has 0 amide bonds. The second-order valence-electron chi connectivity index (χ2n) is 7.22. The van der Waals surface area contributed by atoms with E-state index in [4.69, 9.17) is 4.74 Å². The second-order valence-corrected chi connectivity index (χ2v) is 7.22. The maximum Gasteiger partial charge on any atom is 0.417 e. The van der Waals surface area contributed by atoms with E-state index in [1.54, 1.807) is 48.7 Å². The number of morpholine rings is 1. The minimum atomic E-state index is -4.56. The Balaban J connectivity index is 1.59. The number of rotatable bonds is 3. The summed E-state index contributed by atoms with van der Waals surface area (Å²) in [5.41, 5.74) is 0.802. The van der Waals surface area contributed by atoms with Crippen LogP contribution in [0.2, 0.25) is 0 Å². The lowest BCUT2D eigenvalue weighted by atomic mass is 10.0. The number of pyridine rings is 2. The molecule has 4 heterocycles. The maximum absolute atomic E-state index is 14.0. The van der Waals surface area contributed by atoms with Gasteiger partial charge in [-0.1, -0.05) is 30.3 Å². The Morgan fingerprint density at radius 1 is 0.968 bits per heavy atom. The van der Waals surface area contributed by atoms with Gasteiger partial charge in [0.25, 0.3) is 0 Å². The SMILES string of the molecule is FC(F)(F)c1cc(-c2ccc(N3CCOCC3)nc2)nc2[nH]nc(-c3ccccc3)c12. The van der Waals surface area contributed by atoms with Gasteiger partial charge in [0.1, 0.15) is 11.5 Å². The molecule has 1 N–H and O–H groups in total. The molecule has 0 unspecified atom stereocenters. The van der Waals surface area contributed by atoms with Crippen LogP contribution in [0.25, 0.3) is 33.5 Å². The first-order valence-electron chi connectivity index (χ1n) is 9.81. The number of aromatic nitrogens is 4. The first kappa shape index (κ1) is 19.5. The van der Waals surface area contributed by atoms with Gasteiger partial charge in [-0.2, -0.15) is 18.3 Å². The number of ether oxygens (including phenoxy) is 1. The number of alkyl halides is 3. The normalized spacial score (nSPS) is 14.9. The fourth-order valence-corrected chi connectivity index (χ4v) is 3.72. The third-order valence-corrected chi connectivity index (χ3v) is 5.26. The second kappa shape index (κ2) is 7.66. The zero-order valence-corrected chi connectivity index (χ0v) is 16.4. The molecular formula is C22H18F3N5O. The molecule has 1 saturated heterocycles. The minimum absolute atomic E-state index is 0.0413. The monoisotopic (exact) mass is 425 g/mol. The fraction of sp³-hybridized carbons (Fsp3) is 0.227. The number of fused-ring (bicyclic) bond motifs is 1. The number of aromatic amines is 1. The fourth-order valence-electron chi connectivity index (χ4n) is 3.72. The summed E-state index contributed by atoms with van der Waals surface area (Å²) in [6.07, 6.45) is -3.02. The maximum atomic E-state index is 14.0. The number of hydrogen-bond acceptors (Lipinski definition) is 5. The lowest BCUT2D eigenvalue weighted by molar-refractivity contribution is -0.136. The Labute approximate surface area is 175 Å². The Bertz CT molecular complexity index is 1200. The average molecular weight is 425 g/mol. The predicted molar refractivity (Wildman–Crippen MR) is 111 cm³/mol. The van der Waals surface area contributed by atoms with Gasteiger partial charge < -0.3 is 9.64 Å². The van der Waals surface area contributed by atoms with Gasteiger partial charge in [-0.3, -0.25) is 5.10 Å². The molecule has 31 heavy (non-hydrogen) atoms. The van der Waals surface area contributed by atoms with Crippen LogP contribution in [0.3, 0.4) is 0 Å². The smallest absolute Gasteiger partial charge is 0.378 e. The number of benzene rings is 1. The van der Waals surface area contributed by atoms with Crippen LogP contribution >= 0.6 is 0 Å². The predicted octanol–water partition coefficient (Wildman–Crippen LogP) is 4.54. The van der Waals surface area contributed by atoms with Crippen molar-refractivity contribution in [2.75, 3.05) is 31.2 Å². The van der Waals surface area contributed by atoms with Crippen molar-refractivity contribution in [2.24, 2.45) is 0 Å². The van der Waals surface area contributed by atoms with Crippen molar-refractivity contribution in [1.29, 1.82) is 0 Å². The van der Waals surface area contributed by atoms with Crippen LogP contribution in [0.5, 0.6) is 0 Å². The van der Waals surface area contributed by atoms with Crippen molar-refractivity contribution < 1.29 is 17.9 Å². The average Bonchev–Trinajstić information content (AvgIpc) is 3.23. The molecule has 0 atom stereocenters. The molecular weight excluding hydrogens is 407 g/mol. The number of nitrogens with zero attached hydrogens (tertiary/aromatic N) is 4. The Morgan fingerprint density at radius 3 is 2.42 bits per heavy atom. The molecule has 0 saturated carbocycles. The Morgan fingerprint density at radius 2 is 1.74 bits per heavy atom. The molecule has 1 fully saturated rings. The molecule has 1 aliphatic heterocycles. The highest BCUT2D eigenvalue weighted by Gasteiger charge is 2.35. The van der Waals surface area contributed by atoms with Crippen LogP contribution < -0.4 is 4.90 Å². The quantitative estimate of drug-likeness (QED) is 0.522. The number of anilines is 1. The van der Waals surface area contributed by atoms with E-state index in [2.05, 4.69) is 25.1 Å². The van der Waals surface area contributed by atoms with E-state index in [1.807, 2.05) is 0 Å². The van der Waals surface area contributed by atoms with E-state index in [1.165, 1.54) is 0 Å². The molecule has 0 aliphatic carbocycles. The van der Waals surface area contributed by atoms with Crippen LogP contribution in [0, 0.1) is 0 Å². The summed E-state index contributed by atoms with van der Waals surface area (Å²) in [4.78, 5) is 10.9. The molecule has 4 aromatic rings. The van der Waals surface area contributed by atoms with Crippen molar-refractivity contribution in [1.82, 2.24) is 20.2 Å². The van der Waals surface area contributed by atoms with E-state index in [-0.39, 0.29) is 22.4 Å². The summed E-state index contributed by atoms with van der Waals surface area (Å²) in [6, 6.07) is 13.3. The van der Waals surface area contributed by atoms with Gasteiger partial charge in [0.05, 0.1) is 29.9 Å². The van der Waals surface area contributed by atoms with Crippen molar-refractivity contribution >= 4 is 16.9 Å². The lowest BCUT2D eigenvalue weighted by Gasteiger charge is -2.27. The lowest BCUT2D eigenvalue weighted by Crippen LogP contribution is -2.36. The molecule has 1 aromatic carbocycles. The molecule has 0 bridgehead atoms. The summed E-state index contributed by atoms with van der Waals surface area (Å²) in [5, 5.41) is 6.76. The summed E-state index contributed by atoms with van der Waals surface area (Å²) in [5.74, 6) is 0.761. The minimum Gasteiger partial charge on any atom is -0.378 e. The topological polar surface area (TPSA) is 66.9 Å². The molecule has 3 aromatic heterocycles. The molecule has 6 nitrogen and oxygen atoms in total. The summed E-state index contributed by atoms with van der Waals surface area (Å²) >= 11 is 0. The van der Waals surface area contributed by atoms with E-state index < -0.39 is 11.7 Å². The van der Waals surface area contributed by atoms with E-state index >= 15 is 0 Å². The largest absolute Gasteiger partial charge is 0.417 e. The number of H-pyrrole nitrogens is 1. The van der Waals surface area contributed by atoms with Crippen LogP contribution in [-0.4, -0.2) is 46.5 Å². The van der Waals surface area contributed by atoms with Crippen molar-refractivity contribution in [3.63, 3.8) is 0 Å². The molecule has 5 rings (SSSR count). The third-order valence-electron chi connectivity index (χ3n) is 5.26. The zero-order chi connectivity index (χ0) is 21.4. The number of hydrogen-bond donors (Lipinski definition) is 1. The highest BCUT2D eigenvalue weighted by atomic mass is 19.4. The molecule has 1 aliphatic rings. The van der Waals surface area contributed by atoms with Gasteiger partial charge in [0.15, 0.2) is 5.65 Å². The Kier molecular flexibility index (Phi) is 4.82. The van der Waals surface area contributed by atoms with Crippen molar-refractivity contribution in [3.05, 3.63) is 60.3 Å². The van der Waals surface area contributed by atoms with Crippen molar-refractivity contribution in [2.45, 2.75) is 6.18 Å². The Hall–Kier alpha value is -3.46. The highest BCUT2D eigenvalue weighted by Crippen LogP contribution is 2.40. The van der Waals surface area contributed by atoms with Gasteiger partial charge in [0.2, 0.25) is 0 Å². The number of halogens is 3. The molecule has 0 radical (unpaired) electrons. The van der Waals surface area contributed by atoms with E-state index in [0.717, 1.165) is 25.0 Å². The standard InChI is InChI=1S/C22H18F3N5O/c23-22(24,25)16-12-17(15-6-7-18(26-13-15)30-8-10-31-11-9-30)27-21-19(16)20(28-29-21)14-4-2-1-3-5-14/h1-7,12-13H,8-11H2,(H,27,28,29). The van der Waals surface area contributed by atoms with Gasteiger partial charge >= 0.3 is 6.18 Å². The highest BCUT2D eigenvalue weighted by molar-refractivity contribution is 5.95. The molecule has 158 valence electrons. The first-order chi connectivity index (χ1) is 15.0. The van der Waals surface area contributed by atoms with Gasteiger partial charge in [0, 0.05) is 30.4 Å². The molecule has 0 spiro atoms.